The van der Waals surface area contributed by atoms with Gasteiger partial charge in [-0.2, -0.15) is 0 Å². The summed E-state index contributed by atoms with van der Waals surface area (Å²) in [4.78, 5) is 0.119. The molecule has 2 rings (SSSR count). The number of benzene rings is 1. The Morgan fingerprint density at radius 1 is 1.22 bits per heavy atom. The van der Waals surface area contributed by atoms with Crippen molar-refractivity contribution in [1.29, 1.82) is 0 Å². The summed E-state index contributed by atoms with van der Waals surface area (Å²) in [6.07, 6.45) is 4.50. The lowest BCUT2D eigenvalue weighted by Crippen LogP contribution is -2.37. The lowest BCUT2D eigenvalue weighted by atomic mass is 10.0. The van der Waals surface area contributed by atoms with E-state index in [1.807, 2.05) is 6.92 Å². The smallest absolute Gasteiger partial charge is 0.208 e. The largest absolute Gasteiger partial charge is 0.240 e. The highest BCUT2D eigenvalue weighted by molar-refractivity contribution is 7.89. The molecule has 1 fully saturated rings. The molecule has 0 spiro atoms. The summed E-state index contributed by atoms with van der Waals surface area (Å²) in [6, 6.07) is 4.84. The molecule has 0 bridgehead atoms. The van der Waals surface area contributed by atoms with Gasteiger partial charge >= 0.3 is 0 Å². The van der Waals surface area contributed by atoms with E-state index in [9.17, 15) is 12.8 Å². The maximum atomic E-state index is 12.8. The third-order valence-corrected chi connectivity index (χ3v) is 5.15. The minimum atomic E-state index is -3.53. The predicted molar refractivity (Wildman–Crippen MR) is 68.1 cm³/mol. The van der Waals surface area contributed by atoms with Crippen molar-refractivity contribution in [2.24, 2.45) is 5.92 Å². The average Bonchev–Trinajstić information content (AvgIpc) is 2.82. The Labute approximate surface area is 107 Å². The molecule has 0 heterocycles. The maximum absolute atomic E-state index is 12.8. The van der Waals surface area contributed by atoms with Gasteiger partial charge in [0.05, 0.1) is 4.90 Å². The third-order valence-electron chi connectivity index (χ3n) is 3.57. The highest BCUT2D eigenvalue weighted by Crippen LogP contribution is 2.28. The maximum Gasteiger partial charge on any atom is 0.240 e. The van der Waals surface area contributed by atoms with Crippen LogP contribution in [0.25, 0.3) is 0 Å². The molecule has 5 heteroatoms. The minimum absolute atomic E-state index is 0.0671. The van der Waals surface area contributed by atoms with Crippen molar-refractivity contribution in [3.8, 4) is 0 Å². The first-order valence-corrected chi connectivity index (χ1v) is 7.75. The summed E-state index contributed by atoms with van der Waals surface area (Å²) in [6.45, 7) is 1.90. The van der Waals surface area contributed by atoms with Gasteiger partial charge in [-0.1, -0.05) is 12.8 Å². The molecule has 0 amide bonds. The molecule has 0 aromatic heterocycles. The fourth-order valence-corrected chi connectivity index (χ4v) is 3.79. The molecule has 100 valence electrons. The molecular weight excluding hydrogens is 253 g/mol. The highest BCUT2D eigenvalue weighted by Gasteiger charge is 2.25. The molecule has 0 saturated heterocycles. The standard InChI is InChI=1S/C13H18FNO2S/c1-10(11-4-2-3-5-11)15-18(16,17)13-8-6-12(14)7-9-13/h6-11,15H,2-5H2,1H3. The van der Waals surface area contributed by atoms with Gasteiger partial charge in [0.25, 0.3) is 0 Å². The fraction of sp³-hybridized carbons (Fsp3) is 0.538. The molecule has 1 aliphatic rings. The van der Waals surface area contributed by atoms with Crippen LogP contribution in [0.5, 0.6) is 0 Å². The van der Waals surface area contributed by atoms with Gasteiger partial charge in [-0.15, -0.1) is 0 Å². The number of rotatable bonds is 4. The number of hydrogen-bond donors (Lipinski definition) is 1. The average molecular weight is 271 g/mol. The lowest BCUT2D eigenvalue weighted by molar-refractivity contribution is 0.424. The van der Waals surface area contributed by atoms with Gasteiger partial charge in [0, 0.05) is 6.04 Å². The Hall–Kier alpha value is -0.940. The predicted octanol–water partition coefficient (Wildman–Crippen LogP) is 2.68. The van der Waals surface area contributed by atoms with E-state index in [0.717, 1.165) is 25.0 Å². The van der Waals surface area contributed by atoms with Gasteiger partial charge in [0.15, 0.2) is 0 Å². The van der Waals surface area contributed by atoms with E-state index in [1.54, 1.807) is 0 Å². The van der Waals surface area contributed by atoms with Crippen LogP contribution in [0.4, 0.5) is 4.39 Å². The fourth-order valence-electron chi connectivity index (χ4n) is 2.48. The second kappa shape index (κ2) is 5.36. The molecule has 1 atom stereocenters. The number of sulfonamides is 1. The lowest BCUT2D eigenvalue weighted by Gasteiger charge is -2.20. The molecule has 1 saturated carbocycles. The van der Waals surface area contributed by atoms with Crippen molar-refractivity contribution in [3.05, 3.63) is 30.1 Å². The topological polar surface area (TPSA) is 46.2 Å². The van der Waals surface area contributed by atoms with Gasteiger partial charge in [0.2, 0.25) is 10.0 Å². The third kappa shape index (κ3) is 3.09. The van der Waals surface area contributed by atoms with Crippen molar-refractivity contribution in [1.82, 2.24) is 4.72 Å². The van der Waals surface area contributed by atoms with Gasteiger partial charge in [0.1, 0.15) is 5.82 Å². The van der Waals surface area contributed by atoms with Crippen molar-refractivity contribution in [2.45, 2.75) is 43.5 Å². The number of nitrogens with one attached hydrogen (secondary N) is 1. The zero-order valence-electron chi connectivity index (χ0n) is 10.4. The first kappa shape index (κ1) is 13.5. The summed E-state index contributed by atoms with van der Waals surface area (Å²) >= 11 is 0. The van der Waals surface area contributed by atoms with Crippen LogP contribution < -0.4 is 4.72 Å². The summed E-state index contributed by atoms with van der Waals surface area (Å²) in [7, 11) is -3.53. The number of halogens is 1. The number of hydrogen-bond acceptors (Lipinski definition) is 2. The van der Waals surface area contributed by atoms with Crippen LogP contribution in [-0.4, -0.2) is 14.5 Å². The molecule has 3 nitrogen and oxygen atoms in total. The van der Waals surface area contributed by atoms with Gasteiger partial charge < -0.3 is 0 Å². The minimum Gasteiger partial charge on any atom is -0.208 e. The van der Waals surface area contributed by atoms with E-state index in [4.69, 9.17) is 0 Å². The summed E-state index contributed by atoms with van der Waals surface area (Å²) in [5.41, 5.74) is 0. The molecule has 1 aromatic carbocycles. The van der Waals surface area contributed by atoms with Crippen molar-refractivity contribution >= 4 is 10.0 Å². The zero-order valence-corrected chi connectivity index (χ0v) is 11.2. The van der Waals surface area contributed by atoms with Crippen LogP contribution in [-0.2, 0) is 10.0 Å². The van der Waals surface area contributed by atoms with Crippen LogP contribution in [0.1, 0.15) is 32.6 Å². The van der Waals surface area contributed by atoms with Gasteiger partial charge in [-0.05, 0) is 49.9 Å². The van der Waals surface area contributed by atoms with Gasteiger partial charge in [-0.3, -0.25) is 0 Å². The van der Waals surface area contributed by atoms with E-state index in [2.05, 4.69) is 4.72 Å². The summed E-state index contributed by atoms with van der Waals surface area (Å²) < 4.78 is 39.6. The second-order valence-corrected chi connectivity index (χ2v) is 6.62. The normalized spacial score (nSPS) is 19.0. The zero-order chi connectivity index (χ0) is 13.2. The Balaban J connectivity index is 2.09. The van der Waals surface area contributed by atoms with E-state index in [1.165, 1.54) is 25.0 Å². The summed E-state index contributed by atoms with van der Waals surface area (Å²) in [5.74, 6) is -0.0157. The quantitative estimate of drug-likeness (QED) is 0.915. The molecule has 1 aliphatic carbocycles. The highest BCUT2D eigenvalue weighted by atomic mass is 32.2. The van der Waals surface area contributed by atoms with Crippen LogP contribution in [0.2, 0.25) is 0 Å². The molecule has 1 aromatic rings. The first-order valence-electron chi connectivity index (χ1n) is 6.27. The van der Waals surface area contributed by atoms with Gasteiger partial charge in [-0.25, -0.2) is 17.5 Å². The molecule has 0 aliphatic heterocycles. The Bertz CT molecular complexity index is 492. The van der Waals surface area contributed by atoms with E-state index >= 15 is 0 Å². The van der Waals surface area contributed by atoms with E-state index < -0.39 is 15.8 Å². The Morgan fingerprint density at radius 2 is 1.78 bits per heavy atom. The molecule has 1 unspecified atom stereocenters. The monoisotopic (exact) mass is 271 g/mol. The molecule has 0 radical (unpaired) electrons. The van der Waals surface area contributed by atoms with Crippen LogP contribution in [0, 0.1) is 11.7 Å². The van der Waals surface area contributed by atoms with Crippen molar-refractivity contribution < 1.29 is 12.8 Å². The molecule has 1 N–H and O–H groups in total. The van der Waals surface area contributed by atoms with E-state index in [-0.39, 0.29) is 10.9 Å². The van der Waals surface area contributed by atoms with Crippen LogP contribution >= 0.6 is 0 Å². The molecule has 18 heavy (non-hydrogen) atoms. The first-order chi connectivity index (χ1) is 8.49. The second-order valence-electron chi connectivity index (χ2n) is 4.91. The SMILES string of the molecule is CC(NS(=O)(=O)c1ccc(F)cc1)C1CCCC1. The van der Waals surface area contributed by atoms with E-state index in [0.29, 0.717) is 5.92 Å². The van der Waals surface area contributed by atoms with Crippen molar-refractivity contribution in [2.75, 3.05) is 0 Å². The summed E-state index contributed by atoms with van der Waals surface area (Å²) in [5, 5.41) is 0. The van der Waals surface area contributed by atoms with Crippen LogP contribution in [0.15, 0.2) is 29.2 Å². The molecular formula is C13H18FNO2S. The Kier molecular flexibility index (Phi) is 4.02. The van der Waals surface area contributed by atoms with Crippen LogP contribution in [0.3, 0.4) is 0 Å². The van der Waals surface area contributed by atoms with Crippen molar-refractivity contribution in [3.63, 3.8) is 0 Å². The Morgan fingerprint density at radius 3 is 2.33 bits per heavy atom.